The Labute approximate surface area is 110 Å². The summed E-state index contributed by atoms with van der Waals surface area (Å²) in [5.41, 5.74) is 0.575. The average molecular weight is 248 g/mol. The van der Waals surface area contributed by atoms with Crippen molar-refractivity contribution in [1.29, 1.82) is 0 Å². The van der Waals surface area contributed by atoms with Gasteiger partial charge in [0, 0.05) is 11.5 Å². The van der Waals surface area contributed by atoms with Gasteiger partial charge in [-0.2, -0.15) is 0 Å². The smallest absolute Gasteiger partial charge is 0.165 e. The summed E-state index contributed by atoms with van der Waals surface area (Å²) in [5, 5.41) is 0. The molecule has 0 atom stereocenters. The maximum Gasteiger partial charge on any atom is 0.165 e. The highest BCUT2D eigenvalue weighted by molar-refractivity contribution is 5.97. The van der Waals surface area contributed by atoms with Crippen molar-refractivity contribution in [3.63, 3.8) is 0 Å². The molecule has 0 radical (unpaired) electrons. The van der Waals surface area contributed by atoms with Gasteiger partial charge in [-0.05, 0) is 57.9 Å². The predicted octanol–water partition coefficient (Wildman–Crippen LogP) is 4.48. The van der Waals surface area contributed by atoms with Gasteiger partial charge in [0.15, 0.2) is 5.78 Å². The van der Waals surface area contributed by atoms with Crippen molar-refractivity contribution in [2.24, 2.45) is 5.92 Å². The van der Waals surface area contributed by atoms with Crippen molar-refractivity contribution in [2.75, 3.05) is 0 Å². The molecule has 100 valence electrons. The van der Waals surface area contributed by atoms with Crippen LogP contribution in [0.3, 0.4) is 0 Å². The van der Waals surface area contributed by atoms with Crippen LogP contribution < -0.4 is 4.74 Å². The molecule has 0 heterocycles. The Bertz CT molecular complexity index is 381. The topological polar surface area (TPSA) is 26.3 Å². The molecule has 0 unspecified atom stereocenters. The van der Waals surface area contributed by atoms with Crippen molar-refractivity contribution >= 4 is 5.78 Å². The van der Waals surface area contributed by atoms with E-state index in [0.717, 1.165) is 24.2 Å². The van der Waals surface area contributed by atoms with Gasteiger partial charge in [-0.15, -0.1) is 0 Å². The van der Waals surface area contributed by atoms with Crippen molar-refractivity contribution in [2.45, 2.75) is 53.1 Å². The minimum absolute atomic E-state index is 0.138. The van der Waals surface area contributed by atoms with E-state index in [1.54, 1.807) is 0 Å². The van der Waals surface area contributed by atoms with Crippen LogP contribution in [0.4, 0.5) is 0 Å². The van der Waals surface area contributed by atoms with Gasteiger partial charge in [0.05, 0.1) is 0 Å². The van der Waals surface area contributed by atoms with Crippen molar-refractivity contribution in [3.8, 4) is 5.75 Å². The first-order valence-electron chi connectivity index (χ1n) is 6.70. The molecule has 1 aromatic rings. The molecular weight excluding hydrogens is 224 g/mol. The molecular formula is C16H24O2. The van der Waals surface area contributed by atoms with E-state index in [1.165, 1.54) is 0 Å². The average Bonchev–Trinajstić information content (AvgIpc) is 2.29. The summed E-state index contributed by atoms with van der Waals surface area (Å²) in [5.74, 6) is 1.19. The van der Waals surface area contributed by atoms with Crippen molar-refractivity contribution in [3.05, 3.63) is 29.8 Å². The van der Waals surface area contributed by atoms with E-state index in [2.05, 4.69) is 13.8 Å². The summed E-state index contributed by atoms with van der Waals surface area (Å²) in [4.78, 5) is 12.2. The molecule has 1 rings (SSSR count). The fourth-order valence-electron chi connectivity index (χ4n) is 1.94. The second-order valence-electron chi connectivity index (χ2n) is 5.62. The second kappa shape index (κ2) is 6.03. The zero-order valence-corrected chi connectivity index (χ0v) is 12.1. The van der Waals surface area contributed by atoms with Crippen LogP contribution in [-0.4, -0.2) is 11.4 Å². The van der Waals surface area contributed by atoms with Crippen molar-refractivity contribution in [1.82, 2.24) is 0 Å². The van der Waals surface area contributed by atoms with Gasteiger partial charge in [0.1, 0.15) is 11.4 Å². The standard InChI is InChI=1S/C16H24O2/c1-6-12(7-2)15(17)13-8-10-14(11-9-13)18-16(3,4)5/h8-12H,6-7H2,1-5H3. The summed E-state index contributed by atoms with van der Waals surface area (Å²) >= 11 is 0. The molecule has 0 aliphatic carbocycles. The van der Waals surface area contributed by atoms with Crippen LogP contribution in [0.15, 0.2) is 24.3 Å². The van der Waals surface area contributed by atoms with Crippen molar-refractivity contribution < 1.29 is 9.53 Å². The monoisotopic (exact) mass is 248 g/mol. The molecule has 2 heteroatoms. The van der Waals surface area contributed by atoms with Crippen LogP contribution in [0.5, 0.6) is 5.75 Å². The number of hydrogen-bond donors (Lipinski definition) is 0. The van der Waals surface area contributed by atoms with E-state index >= 15 is 0 Å². The summed E-state index contributed by atoms with van der Waals surface area (Å²) in [7, 11) is 0. The summed E-state index contributed by atoms with van der Waals surface area (Å²) < 4.78 is 5.74. The lowest BCUT2D eigenvalue weighted by Crippen LogP contribution is -2.23. The lowest BCUT2D eigenvalue weighted by Gasteiger charge is -2.21. The molecule has 0 spiro atoms. The molecule has 0 aromatic heterocycles. The van der Waals surface area contributed by atoms with Crippen LogP contribution in [-0.2, 0) is 0 Å². The number of Topliss-reactive ketones (excluding diaryl/α,β-unsaturated/α-hetero) is 1. The first kappa shape index (κ1) is 14.7. The van der Waals surface area contributed by atoms with Gasteiger partial charge in [-0.25, -0.2) is 0 Å². The number of rotatable bonds is 5. The van der Waals surface area contributed by atoms with E-state index in [9.17, 15) is 4.79 Å². The highest BCUT2D eigenvalue weighted by atomic mass is 16.5. The van der Waals surface area contributed by atoms with Gasteiger partial charge in [0.25, 0.3) is 0 Å². The third-order valence-corrected chi connectivity index (χ3v) is 2.92. The Morgan fingerprint density at radius 2 is 1.61 bits per heavy atom. The van der Waals surface area contributed by atoms with E-state index in [-0.39, 0.29) is 17.3 Å². The van der Waals surface area contributed by atoms with Gasteiger partial charge in [-0.1, -0.05) is 13.8 Å². The third kappa shape index (κ3) is 4.17. The highest BCUT2D eigenvalue weighted by Gasteiger charge is 2.17. The molecule has 0 saturated carbocycles. The van der Waals surface area contributed by atoms with E-state index in [1.807, 2.05) is 45.0 Å². The largest absolute Gasteiger partial charge is 0.488 e. The summed E-state index contributed by atoms with van der Waals surface area (Å²) in [6.07, 6.45) is 1.80. The van der Waals surface area contributed by atoms with Crippen LogP contribution in [0.25, 0.3) is 0 Å². The molecule has 0 bridgehead atoms. The fraction of sp³-hybridized carbons (Fsp3) is 0.562. The number of ether oxygens (including phenoxy) is 1. The molecule has 18 heavy (non-hydrogen) atoms. The molecule has 0 aliphatic rings. The van der Waals surface area contributed by atoms with Crippen LogP contribution in [0.2, 0.25) is 0 Å². The van der Waals surface area contributed by atoms with Crippen LogP contribution in [0, 0.1) is 5.92 Å². The number of carbonyl (C=O) groups excluding carboxylic acids is 1. The van der Waals surface area contributed by atoms with Gasteiger partial charge >= 0.3 is 0 Å². The highest BCUT2D eigenvalue weighted by Crippen LogP contribution is 2.21. The quantitative estimate of drug-likeness (QED) is 0.718. The van der Waals surface area contributed by atoms with Gasteiger partial charge < -0.3 is 4.74 Å². The Morgan fingerprint density at radius 3 is 2.00 bits per heavy atom. The SMILES string of the molecule is CCC(CC)C(=O)c1ccc(OC(C)(C)C)cc1. The first-order valence-corrected chi connectivity index (χ1v) is 6.70. The number of benzene rings is 1. The Hall–Kier alpha value is -1.31. The predicted molar refractivity (Wildman–Crippen MR) is 75.2 cm³/mol. The Morgan fingerprint density at radius 1 is 1.11 bits per heavy atom. The zero-order chi connectivity index (χ0) is 13.8. The molecule has 1 aromatic carbocycles. The number of hydrogen-bond acceptors (Lipinski definition) is 2. The number of carbonyl (C=O) groups is 1. The number of ketones is 1. The second-order valence-corrected chi connectivity index (χ2v) is 5.62. The van der Waals surface area contributed by atoms with E-state index in [0.29, 0.717) is 0 Å². The van der Waals surface area contributed by atoms with Crippen LogP contribution >= 0.6 is 0 Å². The fourth-order valence-corrected chi connectivity index (χ4v) is 1.94. The van der Waals surface area contributed by atoms with Crippen LogP contribution in [0.1, 0.15) is 57.8 Å². The normalized spacial score (nSPS) is 11.7. The first-order chi connectivity index (χ1) is 8.37. The van der Waals surface area contributed by atoms with E-state index in [4.69, 9.17) is 4.74 Å². The zero-order valence-electron chi connectivity index (χ0n) is 12.1. The lowest BCUT2D eigenvalue weighted by molar-refractivity contribution is 0.0913. The Kier molecular flexibility index (Phi) is 4.94. The maximum absolute atomic E-state index is 12.2. The minimum Gasteiger partial charge on any atom is -0.488 e. The lowest BCUT2D eigenvalue weighted by atomic mass is 9.93. The molecule has 0 saturated heterocycles. The summed E-state index contributed by atoms with van der Waals surface area (Å²) in [6, 6.07) is 7.48. The molecule has 0 aliphatic heterocycles. The maximum atomic E-state index is 12.2. The van der Waals surface area contributed by atoms with Gasteiger partial charge in [-0.3, -0.25) is 4.79 Å². The van der Waals surface area contributed by atoms with Gasteiger partial charge in [0.2, 0.25) is 0 Å². The minimum atomic E-state index is -0.207. The summed E-state index contributed by atoms with van der Waals surface area (Å²) in [6.45, 7) is 10.1. The molecule has 0 amide bonds. The molecule has 0 N–H and O–H groups in total. The Balaban J connectivity index is 2.79. The molecule has 0 fully saturated rings. The van der Waals surface area contributed by atoms with E-state index < -0.39 is 0 Å². The third-order valence-electron chi connectivity index (χ3n) is 2.92. The molecule has 2 nitrogen and oxygen atoms in total.